The molecule has 0 saturated heterocycles. The number of carbonyl (C=O) groups is 2. The number of anilines is 1. The Hall–Kier alpha value is -3.62. The number of benzene rings is 2. The molecule has 4 aromatic rings. The topological polar surface area (TPSA) is 98.1 Å². The van der Waals surface area contributed by atoms with Gasteiger partial charge in [-0.1, -0.05) is 44.5 Å². The third kappa shape index (κ3) is 5.78. The molecule has 0 radical (unpaired) electrons. The molecule has 0 aliphatic carbocycles. The second kappa shape index (κ2) is 11.0. The summed E-state index contributed by atoms with van der Waals surface area (Å²) in [5.74, 6) is 0.0441. The maximum atomic E-state index is 13.2. The number of aromatic nitrogens is 3. The zero-order valence-corrected chi connectivity index (χ0v) is 21.9. The van der Waals surface area contributed by atoms with Gasteiger partial charge in [-0.05, 0) is 35.9 Å². The minimum Gasteiger partial charge on any atom is -0.481 e. The van der Waals surface area contributed by atoms with E-state index in [0.717, 1.165) is 22.2 Å². The average molecular weight is 528 g/mol. The van der Waals surface area contributed by atoms with Gasteiger partial charge in [-0.25, -0.2) is 9.67 Å². The normalized spacial score (nSPS) is 11.0. The largest absolute Gasteiger partial charge is 0.481 e. The summed E-state index contributed by atoms with van der Waals surface area (Å²) in [4.78, 5) is 29.5. The SMILES string of the molecule is COc1cc(-n2ncc3c(NC(=O)c4cc(CNC(=O)C(C)(C)C)ccc4Cl)cccc32)ccn1.Cl. The molecule has 8 nitrogen and oxygen atoms in total. The Morgan fingerprint density at radius 2 is 1.89 bits per heavy atom. The Labute approximate surface area is 220 Å². The molecular weight excluding hydrogens is 501 g/mol. The lowest BCUT2D eigenvalue weighted by molar-refractivity contribution is -0.128. The van der Waals surface area contributed by atoms with Gasteiger partial charge in [0.05, 0.1) is 40.8 Å². The van der Waals surface area contributed by atoms with Gasteiger partial charge in [-0.3, -0.25) is 9.59 Å². The van der Waals surface area contributed by atoms with Crippen LogP contribution in [0.25, 0.3) is 16.6 Å². The van der Waals surface area contributed by atoms with Gasteiger partial charge in [0.2, 0.25) is 11.8 Å². The molecule has 2 aromatic heterocycles. The van der Waals surface area contributed by atoms with Crippen LogP contribution in [0, 0.1) is 5.41 Å². The number of hydrogen-bond donors (Lipinski definition) is 2. The molecule has 0 spiro atoms. The zero-order chi connectivity index (χ0) is 25.2. The van der Waals surface area contributed by atoms with Crippen molar-refractivity contribution in [1.82, 2.24) is 20.1 Å². The lowest BCUT2D eigenvalue weighted by Gasteiger charge is -2.18. The summed E-state index contributed by atoms with van der Waals surface area (Å²) < 4.78 is 6.96. The minimum absolute atomic E-state index is 0. The smallest absolute Gasteiger partial charge is 0.257 e. The second-order valence-electron chi connectivity index (χ2n) is 9.05. The molecule has 4 rings (SSSR count). The van der Waals surface area contributed by atoms with Crippen LogP contribution in [-0.4, -0.2) is 33.7 Å². The number of rotatable bonds is 6. The minimum atomic E-state index is -0.503. The highest BCUT2D eigenvalue weighted by Gasteiger charge is 2.21. The summed E-state index contributed by atoms with van der Waals surface area (Å²) in [6.45, 7) is 5.83. The Morgan fingerprint density at radius 3 is 2.61 bits per heavy atom. The van der Waals surface area contributed by atoms with E-state index in [1.165, 1.54) is 0 Å². The molecule has 2 aromatic carbocycles. The van der Waals surface area contributed by atoms with E-state index in [-0.39, 0.29) is 24.2 Å². The first-order chi connectivity index (χ1) is 16.7. The molecule has 0 unspecified atom stereocenters. The fourth-order valence-corrected chi connectivity index (χ4v) is 3.71. The van der Waals surface area contributed by atoms with Crippen LogP contribution in [0.4, 0.5) is 5.69 Å². The number of pyridine rings is 1. The van der Waals surface area contributed by atoms with E-state index in [1.54, 1.807) is 54.5 Å². The molecule has 0 fully saturated rings. The van der Waals surface area contributed by atoms with Crippen LogP contribution in [0.1, 0.15) is 36.7 Å². The van der Waals surface area contributed by atoms with E-state index >= 15 is 0 Å². The van der Waals surface area contributed by atoms with Crippen molar-refractivity contribution in [1.29, 1.82) is 0 Å². The van der Waals surface area contributed by atoms with Crippen molar-refractivity contribution in [2.75, 3.05) is 12.4 Å². The molecule has 188 valence electrons. The molecule has 2 amide bonds. The molecule has 2 N–H and O–H groups in total. The van der Waals surface area contributed by atoms with Gasteiger partial charge in [0.1, 0.15) is 0 Å². The third-order valence-corrected chi connectivity index (χ3v) is 5.77. The van der Waals surface area contributed by atoms with Crippen molar-refractivity contribution < 1.29 is 14.3 Å². The zero-order valence-electron chi connectivity index (χ0n) is 20.3. The molecule has 0 aliphatic rings. The van der Waals surface area contributed by atoms with Gasteiger partial charge in [0.15, 0.2) is 0 Å². The predicted molar refractivity (Wildman–Crippen MR) is 143 cm³/mol. The summed E-state index contributed by atoms with van der Waals surface area (Å²) in [5, 5.41) is 11.4. The van der Waals surface area contributed by atoms with Gasteiger partial charge in [-0.2, -0.15) is 5.10 Å². The van der Waals surface area contributed by atoms with Crippen LogP contribution in [0.2, 0.25) is 5.02 Å². The highest BCUT2D eigenvalue weighted by Crippen LogP contribution is 2.27. The number of fused-ring (bicyclic) bond motifs is 1. The Kier molecular flexibility index (Phi) is 8.22. The first-order valence-electron chi connectivity index (χ1n) is 11.0. The van der Waals surface area contributed by atoms with Crippen LogP contribution >= 0.6 is 24.0 Å². The van der Waals surface area contributed by atoms with Gasteiger partial charge < -0.3 is 15.4 Å². The van der Waals surface area contributed by atoms with Crippen LogP contribution in [-0.2, 0) is 11.3 Å². The van der Waals surface area contributed by atoms with E-state index in [2.05, 4.69) is 20.7 Å². The molecule has 0 bridgehead atoms. The quantitative estimate of drug-likeness (QED) is 0.348. The Morgan fingerprint density at radius 1 is 1.11 bits per heavy atom. The number of halogens is 2. The number of hydrogen-bond acceptors (Lipinski definition) is 5. The van der Waals surface area contributed by atoms with Crippen molar-refractivity contribution in [3.05, 3.63) is 77.1 Å². The van der Waals surface area contributed by atoms with Crippen LogP contribution in [0.3, 0.4) is 0 Å². The lowest BCUT2D eigenvalue weighted by atomic mass is 9.95. The summed E-state index contributed by atoms with van der Waals surface area (Å²) in [6, 6.07) is 14.3. The Bertz CT molecular complexity index is 1410. The molecule has 10 heteroatoms. The van der Waals surface area contributed by atoms with Crippen molar-refractivity contribution in [2.24, 2.45) is 5.41 Å². The van der Waals surface area contributed by atoms with E-state index in [0.29, 0.717) is 28.7 Å². The predicted octanol–water partition coefficient (Wildman–Crippen LogP) is 5.42. The third-order valence-electron chi connectivity index (χ3n) is 5.44. The number of nitrogens with one attached hydrogen (secondary N) is 2. The molecule has 0 saturated carbocycles. The average Bonchev–Trinajstić information content (AvgIpc) is 3.28. The number of ether oxygens (including phenoxy) is 1. The van der Waals surface area contributed by atoms with Crippen molar-refractivity contribution >= 4 is 52.4 Å². The monoisotopic (exact) mass is 527 g/mol. The maximum absolute atomic E-state index is 13.2. The fraction of sp³-hybridized carbons (Fsp3) is 0.231. The van der Waals surface area contributed by atoms with Gasteiger partial charge >= 0.3 is 0 Å². The lowest BCUT2D eigenvalue weighted by Crippen LogP contribution is -2.34. The van der Waals surface area contributed by atoms with Gasteiger partial charge in [0.25, 0.3) is 5.91 Å². The molecule has 0 atom stereocenters. The highest BCUT2D eigenvalue weighted by atomic mass is 35.5. The fourth-order valence-electron chi connectivity index (χ4n) is 3.50. The standard InChI is InChI=1S/C26H26ClN5O3.ClH/c1-26(2,3)25(34)29-14-16-8-9-20(27)18(12-16)24(33)31-21-6-5-7-22-19(21)15-30-32(22)17-10-11-28-23(13-17)35-4;/h5-13,15H,14H2,1-4H3,(H,29,34)(H,31,33);1H. The van der Waals surface area contributed by atoms with Crippen molar-refractivity contribution in [3.8, 4) is 11.6 Å². The number of amides is 2. The first-order valence-corrected chi connectivity index (χ1v) is 11.4. The number of carbonyl (C=O) groups excluding carboxylic acids is 2. The molecule has 2 heterocycles. The summed E-state index contributed by atoms with van der Waals surface area (Å²) in [6.07, 6.45) is 3.34. The van der Waals surface area contributed by atoms with Crippen molar-refractivity contribution in [3.63, 3.8) is 0 Å². The van der Waals surface area contributed by atoms with E-state index < -0.39 is 5.41 Å². The van der Waals surface area contributed by atoms with E-state index in [1.807, 2.05) is 39.0 Å². The van der Waals surface area contributed by atoms with E-state index in [4.69, 9.17) is 16.3 Å². The first kappa shape index (κ1) is 27.0. The summed E-state index contributed by atoms with van der Waals surface area (Å²) >= 11 is 6.34. The molecule has 36 heavy (non-hydrogen) atoms. The van der Waals surface area contributed by atoms with Gasteiger partial charge in [0, 0.05) is 29.6 Å². The van der Waals surface area contributed by atoms with Gasteiger partial charge in [-0.15, -0.1) is 12.4 Å². The summed E-state index contributed by atoms with van der Waals surface area (Å²) in [7, 11) is 1.56. The Balaban J connectivity index is 0.00000361. The van der Waals surface area contributed by atoms with E-state index in [9.17, 15) is 9.59 Å². The van der Waals surface area contributed by atoms with Crippen molar-refractivity contribution in [2.45, 2.75) is 27.3 Å². The molecule has 0 aliphatic heterocycles. The summed E-state index contributed by atoms with van der Waals surface area (Å²) in [5.41, 5.74) is 2.77. The second-order valence-corrected chi connectivity index (χ2v) is 9.46. The molecular formula is C26H27Cl2N5O3. The number of nitrogens with zero attached hydrogens (tertiary/aromatic N) is 3. The van der Waals surface area contributed by atoms with Crippen LogP contribution in [0.15, 0.2) is 60.9 Å². The number of methoxy groups -OCH3 is 1. The van der Waals surface area contributed by atoms with Crippen LogP contribution < -0.4 is 15.4 Å². The van der Waals surface area contributed by atoms with Crippen LogP contribution in [0.5, 0.6) is 5.88 Å². The maximum Gasteiger partial charge on any atom is 0.257 e. The highest BCUT2D eigenvalue weighted by molar-refractivity contribution is 6.34.